The van der Waals surface area contributed by atoms with E-state index in [9.17, 15) is 15.0 Å². The number of benzene rings is 2. The number of aryl methyl sites for hydroxylation is 2. The Labute approximate surface area is 215 Å². The Bertz CT molecular complexity index is 1120. The molecule has 2 aromatic carbocycles. The molecular formula is C31H40O5. The van der Waals surface area contributed by atoms with Gasteiger partial charge in [0, 0.05) is 17.4 Å². The molecule has 194 valence electrons. The molecule has 0 bridgehead atoms. The van der Waals surface area contributed by atoms with Gasteiger partial charge in [0.1, 0.15) is 18.0 Å². The van der Waals surface area contributed by atoms with Gasteiger partial charge in [-0.15, -0.1) is 0 Å². The molecule has 1 aliphatic carbocycles. The highest BCUT2D eigenvalue weighted by Crippen LogP contribution is 2.41. The highest BCUT2D eigenvalue weighted by molar-refractivity contribution is 5.66. The quantitative estimate of drug-likeness (QED) is 0.352. The van der Waals surface area contributed by atoms with E-state index in [2.05, 4.69) is 62.9 Å². The molecule has 0 unspecified atom stereocenters. The molecule has 0 spiro atoms. The van der Waals surface area contributed by atoms with Gasteiger partial charge in [-0.2, -0.15) is 0 Å². The summed E-state index contributed by atoms with van der Waals surface area (Å²) in [6, 6.07) is 12.7. The number of aliphatic hydroxyl groups excluding tert-OH is 1. The third kappa shape index (κ3) is 6.49. The van der Waals surface area contributed by atoms with E-state index in [0.29, 0.717) is 12.8 Å². The van der Waals surface area contributed by atoms with Crippen molar-refractivity contribution < 1.29 is 24.9 Å². The minimum atomic E-state index is -0.852. The summed E-state index contributed by atoms with van der Waals surface area (Å²) in [7, 11) is 0. The molecule has 0 amide bonds. The lowest BCUT2D eigenvalue weighted by atomic mass is 9.70. The Morgan fingerprint density at radius 2 is 1.72 bits per heavy atom. The first-order valence-corrected chi connectivity index (χ1v) is 13.1. The normalized spacial score (nSPS) is 15.4. The highest BCUT2D eigenvalue weighted by atomic mass is 16.5. The van der Waals surface area contributed by atoms with Crippen LogP contribution in [0.2, 0.25) is 0 Å². The largest absolute Gasteiger partial charge is 0.491 e. The molecule has 2 aromatic rings. The summed E-state index contributed by atoms with van der Waals surface area (Å²) in [5.74, 6) is 6.15. The van der Waals surface area contributed by atoms with Gasteiger partial charge in [-0.1, -0.05) is 50.0 Å². The van der Waals surface area contributed by atoms with Crippen LogP contribution in [0.15, 0.2) is 36.4 Å². The van der Waals surface area contributed by atoms with Gasteiger partial charge >= 0.3 is 5.97 Å². The predicted octanol–water partition coefficient (Wildman–Crippen LogP) is 5.67. The Hall–Kier alpha value is -2.81. The monoisotopic (exact) mass is 492 g/mol. The van der Waals surface area contributed by atoms with Crippen LogP contribution in [0.5, 0.6) is 5.75 Å². The summed E-state index contributed by atoms with van der Waals surface area (Å²) in [6.45, 7) is 8.67. The Morgan fingerprint density at radius 3 is 2.25 bits per heavy atom. The van der Waals surface area contributed by atoms with Crippen molar-refractivity contribution in [2.75, 3.05) is 6.61 Å². The summed E-state index contributed by atoms with van der Waals surface area (Å²) < 4.78 is 5.87. The number of aliphatic carboxylic acids is 1. The third-order valence-corrected chi connectivity index (χ3v) is 7.68. The average molecular weight is 493 g/mol. The van der Waals surface area contributed by atoms with Crippen LogP contribution in [-0.4, -0.2) is 39.6 Å². The summed E-state index contributed by atoms with van der Waals surface area (Å²) in [5, 5.41) is 29.2. The fraction of sp³-hybridized carbons (Fsp3) is 0.516. The number of ether oxygens (including phenoxy) is 1. The van der Waals surface area contributed by atoms with Gasteiger partial charge in [0.05, 0.1) is 6.10 Å². The summed E-state index contributed by atoms with van der Waals surface area (Å²) in [4.78, 5) is 10.7. The maximum absolute atomic E-state index is 10.7. The molecule has 1 saturated carbocycles. The van der Waals surface area contributed by atoms with Crippen molar-refractivity contribution in [2.45, 2.75) is 96.2 Å². The molecule has 3 N–H and O–H groups in total. The zero-order chi connectivity index (χ0) is 26.3. The van der Waals surface area contributed by atoms with E-state index in [-0.39, 0.29) is 18.4 Å². The molecular weight excluding hydrogens is 452 g/mol. The van der Waals surface area contributed by atoms with Crippen LogP contribution in [0.25, 0.3) is 0 Å². The first kappa shape index (κ1) is 27.8. The van der Waals surface area contributed by atoms with Gasteiger partial charge in [-0.05, 0) is 93.2 Å². The molecule has 1 atom stereocenters. The standard InChI is InChI=1S/C31H40O5/c1-5-31(6-2,25-12-11-24(22(3)19-25)15-18-30(35)16-8-17-30)26-13-14-28(23(4)20-26)36-21-27(32)9-7-10-29(33)34/h11-14,19-20,27,32,35H,5-10,16-17,21H2,1-4H3,(H,33,34)/t27-/m1/s1. The minimum absolute atomic E-state index is 0.0517. The van der Waals surface area contributed by atoms with Crippen LogP contribution in [0, 0.1) is 25.7 Å². The number of aliphatic hydroxyl groups is 2. The second-order valence-electron chi connectivity index (χ2n) is 10.2. The molecule has 36 heavy (non-hydrogen) atoms. The number of carbonyl (C=O) groups is 1. The maximum atomic E-state index is 10.7. The van der Waals surface area contributed by atoms with Crippen LogP contribution in [-0.2, 0) is 10.2 Å². The van der Waals surface area contributed by atoms with Crippen molar-refractivity contribution in [1.82, 2.24) is 0 Å². The first-order chi connectivity index (χ1) is 17.1. The van der Waals surface area contributed by atoms with Crippen LogP contribution in [0.1, 0.15) is 93.0 Å². The topological polar surface area (TPSA) is 87.0 Å². The number of hydrogen-bond acceptors (Lipinski definition) is 4. The van der Waals surface area contributed by atoms with Gasteiger partial charge in [0.15, 0.2) is 0 Å². The summed E-state index contributed by atoms with van der Waals surface area (Å²) in [6.07, 6.45) is 4.62. The van der Waals surface area contributed by atoms with Gasteiger partial charge in [-0.25, -0.2) is 0 Å². The number of carboxylic acid groups (broad SMARTS) is 1. The molecule has 0 heterocycles. The van der Waals surface area contributed by atoms with Crippen molar-refractivity contribution in [3.05, 3.63) is 64.2 Å². The Kier molecular flexibility index (Phi) is 9.22. The second-order valence-corrected chi connectivity index (χ2v) is 10.2. The van der Waals surface area contributed by atoms with Crippen molar-refractivity contribution in [3.8, 4) is 17.6 Å². The van der Waals surface area contributed by atoms with E-state index in [1.807, 2.05) is 13.0 Å². The van der Waals surface area contributed by atoms with Crippen molar-refractivity contribution >= 4 is 5.97 Å². The van der Waals surface area contributed by atoms with E-state index in [1.165, 1.54) is 11.1 Å². The smallest absolute Gasteiger partial charge is 0.303 e. The lowest BCUT2D eigenvalue weighted by molar-refractivity contribution is -0.137. The van der Waals surface area contributed by atoms with Crippen LogP contribution < -0.4 is 4.74 Å². The summed E-state index contributed by atoms with van der Waals surface area (Å²) in [5.41, 5.74) is 4.59. The van der Waals surface area contributed by atoms with Crippen LogP contribution in [0.3, 0.4) is 0 Å². The summed E-state index contributed by atoms with van der Waals surface area (Å²) >= 11 is 0. The molecule has 0 aromatic heterocycles. The van der Waals surface area contributed by atoms with E-state index < -0.39 is 17.7 Å². The van der Waals surface area contributed by atoms with Crippen molar-refractivity contribution in [3.63, 3.8) is 0 Å². The third-order valence-electron chi connectivity index (χ3n) is 7.68. The lowest BCUT2D eigenvalue weighted by Crippen LogP contribution is -2.34. The highest BCUT2D eigenvalue weighted by Gasteiger charge is 2.33. The van der Waals surface area contributed by atoms with E-state index in [0.717, 1.165) is 54.5 Å². The fourth-order valence-corrected chi connectivity index (χ4v) is 5.02. The molecule has 0 aliphatic heterocycles. The van der Waals surface area contributed by atoms with Crippen molar-refractivity contribution in [2.24, 2.45) is 0 Å². The fourth-order valence-electron chi connectivity index (χ4n) is 5.02. The molecule has 5 heteroatoms. The van der Waals surface area contributed by atoms with E-state index >= 15 is 0 Å². The van der Waals surface area contributed by atoms with Gasteiger partial charge in [0.2, 0.25) is 0 Å². The lowest BCUT2D eigenvalue weighted by Gasteiger charge is -2.34. The molecule has 3 rings (SSSR count). The molecule has 1 fully saturated rings. The predicted molar refractivity (Wildman–Crippen MR) is 142 cm³/mol. The number of rotatable bonds is 11. The molecule has 0 radical (unpaired) electrons. The minimum Gasteiger partial charge on any atom is -0.491 e. The van der Waals surface area contributed by atoms with Crippen LogP contribution in [0.4, 0.5) is 0 Å². The second kappa shape index (κ2) is 12.0. The Balaban J connectivity index is 1.78. The van der Waals surface area contributed by atoms with Crippen molar-refractivity contribution in [1.29, 1.82) is 0 Å². The molecule has 0 saturated heterocycles. The van der Waals surface area contributed by atoms with Crippen LogP contribution >= 0.6 is 0 Å². The Morgan fingerprint density at radius 1 is 1.08 bits per heavy atom. The van der Waals surface area contributed by atoms with Gasteiger partial charge < -0.3 is 20.1 Å². The zero-order valence-electron chi connectivity index (χ0n) is 22.1. The van der Waals surface area contributed by atoms with Gasteiger partial charge in [0.25, 0.3) is 0 Å². The number of carboxylic acids is 1. The van der Waals surface area contributed by atoms with Gasteiger partial charge in [-0.3, -0.25) is 4.79 Å². The van der Waals surface area contributed by atoms with E-state index in [4.69, 9.17) is 9.84 Å². The average Bonchev–Trinajstić information content (AvgIpc) is 2.82. The molecule has 5 nitrogen and oxygen atoms in total. The van der Waals surface area contributed by atoms with E-state index in [1.54, 1.807) is 0 Å². The number of hydrogen-bond donors (Lipinski definition) is 3. The first-order valence-electron chi connectivity index (χ1n) is 13.1. The zero-order valence-corrected chi connectivity index (χ0v) is 22.1. The molecule has 1 aliphatic rings. The maximum Gasteiger partial charge on any atom is 0.303 e. The SMILES string of the molecule is CCC(CC)(c1ccc(C#CC2(O)CCC2)c(C)c1)c1ccc(OC[C@H](O)CCCC(=O)O)c(C)c1.